The van der Waals surface area contributed by atoms with E-state index < -0.39 is 6.17 Å². The highest BCUT2D eigenvalue weighted by Gasteiger charge is 2.41. The van der Waals surface area contributed by atoms with Crippen LogP contribution in [-0.2, 0) is 11.4 Å². The lowest BCUT2D eigenvalue weighted by atomic mass is 10.1. The lowest BCUT2D eigenvalue weighted by molar-refractivity contribution is -0.111. The topological polar surface area (TPSA) is 54.4 Å². The summed E-state index contributed by atoms with van der Waals surface area (Å²) in [6, 6.07) is 32.1. The van der Waals surface area contributed by atoms with Gasteiger partial charge in [-0.3, -0.25) is 9.69 Å². The first-order valence-electron chi connectivity index (χ1n) is 12.6. The number of nitrogens with zero attached hydrogens (tertiary/aromatic N) is 3. The molecule has 0 saturated carbocycles. The summed E-state index contributed by atoms with van der Waals surface area (Å²) >= 11 is 0. The van der Waals surface area contributed by atoms with Gasteiger partial charge in [0, 0.05) is 18.2 Å². The van der Waals surface area contributed by atoms with Crippen LogP contribution < -0.4 is 19.4 Å². The first kappa shape index (κ1) is 25.1. The van der Waals surface area contributed by atoms with Gasteiger partial charge >= 0.3 is 0 Å². The van der Waals surface area contributed by atoms with Crippen molar-refractivity contribution >= 4 is 23.0 Å². The van der Waals surface area contributed by atoms with Gasteiger partial charge in [-0.05, 0) is 49.7 Å². The minimum absolute atomic E-state index is 0.125. The van der Waals surface area contributed by atoms with Crippen LogP contribution in [0.15, 0.2) is 102 Å². The zero-order valence-corrected chi connectivity index (χ0v) is 22.1. The summed E-state index contributed by atoms with van der Waals surface area (Å²) in [5.74, 6) is 1.46. The molecular weight excluding hydrogens is 474 g/mol. The second kappa shape index (κ2) is 10.8. The largest absolute Gasteiger partial charge is 0.493 e. The Hall–Kier alpha value is -4.58. The molecule has 5 rings (SSSR count). The Morgan fingerprint density at radius 3 is 2.05 bits per heavy atom. The smallest absolute Gasteiger partial charge is 0.198 e. The zero-order chi connectivity index (χ0) is 26.6. The fourth-order valence-electron chi connectivity index (χ4n) is 4.59. The molecule has 38 heavy (non-hydrogen) atoms. The number of amidine groups is 1. The minimum atomic E-state index is -0.486. The second-order valence-corrected chi connectivity index (χ2v) is 9.39. The lowest BCUT2D eigenvalue weighted by Gasteiger charge is -2.33. The molecule has 1 aliphatic rings. The molecule has 1 atom stereocenters. The van der Waals surface area contributed by atoms with Crippen molar-refractivity contribution in [2.45, 2.75) is 33.5 Å². The fourth-order valence-corrected chi connectivity index (χ4v) is 4.59. The molecule has 0 amide bonds. The maximum Gasteiger partial charge on any atom is 0.198 e. The third-order valence-corrected chi connectivity index (χ3v) is 6.57. The summed E-state index contributed by atoms with van der Waals surface area (Å²) in [6.45, 7) is 6.01. The highest BCUT2D eigenvalue weighted by molar-refractivity contribution is 6.44. The molecule has 4 aromatic rings. The molecule has 192 valence electrons. The van der Waals surface area contributed by atoms with Crippen LogP contribution in [0.2, 0.25) is 0 Å². The molecule has 0 aliphatic carbocycles. The van der Waals surface area contributed by atoms with Gasteiger partial charge < -0.3 is 9.47 Å². The molecule has 0 N–H and O–H groups in total. The van der Waals surface area contributed by atoms with Gasteiger partial charge in [-0.25, -0.2) is 5.01 Å². The van der Waals surface area contributed by atoms with Crippen LogP contribution >= 0.6 is 0 Å². The SMILES string of the molecule is COc1cccc([C@H]2N(c3ccc(C)cc3)N=C(C(C)=O)N2c2ccc(C)cc2)c1OCc1ccccc1. The number of hydrazone groups is 1. The van der Waals surface area contributed by atoms with Crippen LogP contribution in [0.3, 0.4) is 0 Å². The van der Waals surface area contributed by atoms with Gasteiger partial charge in [0.25, 0.3) is 0 Å². The molecule has 0 saturated heterocycles. The number of ketones is 1. The number of benzene rings is 4. The molecule has 0 bridgehead atoms. The van der Waals surface area contributed by atoms with Gasteiger partial charge in [-0.1, -0.05) is 77.9 Å². The quantitative estimate of drug-likeness (QED) is 0.263. The van der Waals surface area contributed by atoms with Crippen molar-refractivity contribution in [1.82, 2.24) is 0 Å². The van der Waals surface area contributed by atoms with E-state index in [0.717, 1.165) is 33.6 Å². The molecule has 6 nitrogen and oxygen atoms in total. The van der Waals surface area contributed by atoms with Crippen LogP contribution in [0.4, 0.5) is 11.4 Å². The van der Waals surface area contributed by atoms with E-state index in [1.54, 1.807) is 14.0 Å². The molecule has 0 fully saturated rings. The number of methoxy groups -OCH3 is 1. The third-order valence-electron chi connectivity index (χ3n) is 6.57. The molecule has 0 aromatic heterocycles. The van der Waals surface area contributed by atoms with Crippen molar-refractivity contribution < 1.29 is 14.3 Å². The number of carbonyl (C=O) groups is 1. The predicted molar refractivity (Wildman–Crippen MR) is 152 cm³/mol. The molecule has 0 unspecified atom stereocenters. The van der Waals surface area contributed by atoms with Crippen LogP contribution in [-0.4, -0.2) is 18.7 Å². The summed E-state index contributed by atoms with van der Waals surface area (Å²) in [5.41, 5.74) is 5.88. The number of carbonyl (C=O) groups excluding carboxylic acids is 1. The average Bonchev–Trinajstić information content (AvgIpc) is 3.34. The Labute approximate surface area is 223 Å². The van der Waals surface area contributed by atoms with Crippen LogP contribution in [0.5, 0.6) is 11.5 Å². The van der Waals surface area contributed by atoms with E-state index in [0.29, 0.717) is 23.9 Å². The van der Waals surface area contributed by atoms with Crippen molar-refractivity contribution in [2.75, 3.05) is 17.0 Å². The number of Topliss-reactive ketones (excluding diaryl/α,β-unsaturated/α-hetero) is 1. The van der Waals surface area contributed by atoms with Crippen molar-refractivity contribution in [3.8, 4) is 11.5 Å². The molecule has 6 heteroatoms. The second-order valence-electron chi connectivity index (χ2n) is 9.39. The monoisotopic (exact) mass is 505 g/mol. The summed E-state index contributed by atoms with van der Waals surface area (Å²) in [7, 11) is 1.64. The Bertz CT molecular complexity index is 1450. The Kier molecular flexibility index (Phi) is 7.13. The molecule has 0 radical (unpaired) electrons. The van der Waals surface area contributed by atoms with E-state index >= 15 is 0 Å². The normalized spacial score (nSPS) is 14.8. The van der Waals surface area contributed by atoms with E-state index in [2.05, 4.69) is 0 Å². The number of anilines is 2. The lowest BCUT2D eigenvalue weighted by Crippen LogP contribution is -2.38. The number of hydrogen-bond donors (Lipinski definition) is 0. The number of para-hydroxylation sites is 1. The molecule has 0 spiro atoms. The number of aryl methyl sites for hydroxylation is 2. The average molecular weight is 506 g/mol. The van der Waals surface area contributed by atoms with Crippen LogP contribution in [0.25, 0.3) is 0 Å². The molecular formula is C32H31N3O3. The maximum absolute atomic E-state index is 13.0. The van der Waals surface area contributed by atoms with E-state index in [-0.39, 0.29) is 5.78 Å². The predicted octanol–water partition coefficient (Wildman–Crippen LogP) is 6.82. The van der Waals surface area contributed by atoms with Crippen LogP contribution in [0, 0.1) is 13.8 Å². The first-order valence-corrected chi connectivity index (χ1v) is 12.6. The summed E-state index contributed by atoms with van der Waals surface area (Å²) in [6.07, 6.45) is -0.486. The summed E-state index contributed by atoms with van der Waals surface area (Å²) in [4.78, 5) is 14.9. The van der Waals surface area contributed by atoms with Gasteiger partial charge in [-0.15, -0.1) is 5.10 Å². The highest BCUT2D eigenvalue weighted by atomic mass is 16.5. The first-order chi connectivity index (χ1) is 18.5. The summed E-state index contributed by atoms with van der Waals surface area (Å²) < 4.78 is 12.2. The van der Waals surface area contributed by atoms with Gasteiger partial charge in [0.2, 0.25) is 0 Å². The van der Waals surface area contributed by atoms with Gasteiger partial charge in [-0.2, -0.15) is 0 Å². The minimum Gasteiger partial charge on any atom is -0.493 e. The van der Waals surface area contributed by atoms with Crippen molar-refractivity contribution in [3.63, 3.8) is 0 Å². The molecule has 1 aliphatic heterocycles. The summed E-state index contributed by atoms with van der Waals surface area (Å²) in [5, 5.41) is 6.76. The maximum atomic E-state index is 13.0. The van der Waals surface area contributed by atoms with E-state index in [1.807, 2.05) is 121 Å². The Morgan fingerprint density at radius 2 is 1.45 bits per heavy atom. The van der Waals surface area contributed by atoms with Gasteiger partial charge in [0.15, 0.2) is 29.3 Å². The number of hydrogen-bond acceptors (Lipinski definition) is 6. The van der Waals surface area contributed by atoms with Gasteiger partial charge in [0.1, 0.15) is 6.61 Å². The highest BCUT2D eigenvalue weighted by Crippen LogP contribution is 2.45. The van der Waals surface area contributed by atoms with Crippen LogP contribution in [0.1, 0.15) is 35.3 Å². The van der Waals surface area contributed by atoms with Crippen molar-refractivity contribution in [3.05, 3.63) is 119 Å². The molecule has 1 heterocycles. The van der Waals surface area contributed by atoms with Crippen molar-refractivity contribution in [2.24, 2.45) is 5.10 Å². The van der Waals surface area contributed by atoms with Gasteiger partial charge in [0.05, 0.1) is 12.8 Å². The fraction of sp³-hybridized carbons (Fsp3) is 0.188. The van der Waals surface area contributed by atoms with Crippen molar-refractivity contribution in [1.29, 1.82) is 0 Å². The Balaban J connectivity index is 1.68. The van der Waals surface area contributed by atoms with E-state index in [4.69, 9.17) is 14.6 Å². The number of rotatable bonds is 8. The number of ether oxygens (including phenoxy) is 2. The van der Waals surface area contributed by atoms with E-state index in [9.17, 15) is 4.79 Å². The third kappa shape index (κ3) is 4.98. The van der Waals surface area contributed by atoms with E-state index in [1.165, 1.54) is 0 Å². The standard InChI is InChI=1S/C32H31N3O3/c1-22-13-17-26(18-14-22)34-31(24(3)36)33-35(27-19-15-23(2)16-20-27)32(34)28-11-8-12-29(37-4)30(28)38-21-25-9-6-5-7-10-25/h5-20,32H,21H2,1-4H3/t32-/m1/s1. The zero-order valence-electron chi connectivity index (χ0n) is 22.1. The molecule has 4 aromatic carbocycles. The Morgan fingerprint density at radius 1 is 0.816 bits per heavy atom.